The number of carboxylic acid groups (broad SMARTS) is 2. The number of carboxylic acids is 2. The highest BCUT2D eigenvalue weighted by Gasteiger charge is 2.29. The first-order valence-electron chi connectivity index (χ1n) is 7.09. The van der Waals surface area contributed by atoms with Gasteiger partial charge in [-0.15, -0.1) is 0 Å². The van der Waals surface area contributed by atoms with Gasteiger partial charge in [-0.3, -0.25) is 9.59 Å². The maximum atomic E-state index is 12.5. The molecule has 0 fully saturated rings. The fraction of sp³-hybridized carbons (Fsp3) is 0.167. The van der Waals surface area contributed by atoms with Crippen molar-refractivity contribution < 1.29 is 24.6 Å². The molecule has 5 nitrogen and oxygen atoms in total. The molecule has 2 aromatic carbocycles. The van der Waals surface area contributed by atoms with Crippen LogP contribution in [-0.4, -0.2) is 27.9 Å². The molecule has 0 aromatic heterocycles. The minimum absolute atomic E-state index is 0.286. The van der Waals surface area contributed by atoms with Crippen LogP contribution in [0.5, 0.6) is 0 Å². The highest BCUT2D eigenvalue weighted by molar-refractivity contribution is 6.09. The van der Waals surface area contributed by atoms with Crippen molar-refractivity contribution in [3.05, 3.63) is 59.7 Å². The Hall–Kier alpha value is -2.95. The van der Waals surface area contributed by atoms with Crippen molar-refractivity contribution in [3.63, 3.8) is 0 Å². The van der Waals surface area contributed by atoms with E-state index in [1.165, 1.54) is 13.0 Å². The zero-order valence-corrected chi connectivity index (χ0v) is 12.5. The van der Waals surface area contributed by atoms with E-state index in [1.54, 1.807) is 24.3 Å². The molecule has 0 saturated carbocycles. The molecule has 0 radical (unpaired) electrons. The molecule has 1 unspecified atom stereocenters. The van der Waals surface area contributed by atoms with Gasteiger partial charge in [-0.2, -0.15) is 0 Å². The largest absolute Gasteiger partial charge is 0.481 e. The first kappa shape index (κ1) is 16.4. The third kappa shape index (κ3) is 3.45. The van der Waals surface area contributed by atoms with Gasteiger partial charge in [0.15, 0.2) is 5.78 Å². The lowest BCUT2D eigenvalue weighted by Crippen LogP contribution is -2.24. The summed E-state index contributed by atoms with van der Waals surface area (Å²) in [6, 6.07) is 12.5. The Kier molecular flexibility index (Phi) is 4.91. The van der Waals surface area contributed by atoms with Crippen LogP contribution in [0.4, 0.5) is 0 Å². The molecule has 0 saturated heterocycles. The van der Waals surface area contributed by atoms with E-state index in [0.717, 1.165) is 10.8 Å². The van der Waals surface area contributed by atoms with Crippen LogP contribution in [0.2, 0.25) is 0 Å². The van der Waals surface area contributed by atoms with Crippen molar-refractivity contribution in [2.75, 3.05) is 0 Å². The molecular formula is C18H16O5. The molecule has 0 aliphatic heterocycles. The third-order valence-corrected chi connectivity index (χ3v) is 3.71. The normalized spacial score (nSPS) is 12.8. The van der Waals surface area contributed by atoms with Crippen molar-refractivity contribution in [1.82, 2.24) is 0 Å². The maximum Gasteiger partial charge on any atom is 0.332 e. The summed E-state index contributed by atoms with van der Waals surface area (Å²) in [5.74, 6) is -4.42. The molecule has 2 rings (SSSR count). The molecule has 2 N–H and O–H groups in total. The Balaban J connectivity index is 2.39. The fourth-order valence-electron chi connectivity index (χ4n) is 2.57. The Bertz CT molecular complexity index is 799. The Morgan fingerprint density at radius 3 is 2.30 bits per heavy atom. The summed E-state index contributed by atoms with van der Waals surface area (Å²) in [5, 5.41) is 20.0. The van der Waals surface area contributed by atoms with Crippen molar-refractivity contribution in [3.8, 4) is 0 Å². The number of ketones is 1. The van der Waals surface area contributed by atoms with Crippen LogP contribution >= 0.6 is 0 Å². The van der Waals surface area contributed by atoms with E-state index in [1.807, 2.05) is 18.2 Å². The summed E-state index contributed by atoms with van der Waals surface area (Å²) in [7, 11) is 0. The molecule has 118 valence electrons. The lowest BCUT2D eigenvalue weighted by Gasteiger charge is -2.13. The molecule has 0 aliphatic carbocycles. The lowest BCUT2D eigenvalue weighted by atomic mass is 9.89. The van der Waals surface area contributed by atoms with Crippen LogP contribution in [0.15, 0.2) is 54.1 Å². The number of allylic oxidation sites excluding steroid dienone is 1. The number of Topliss-reactive ketones (excluding diaryl/α,β-unsaturated/α-hetero) is 1. The molecule has 0 heterocycles. The van der Waals surface area contributed by atoms with Gasteiger partial charge in [-0.05, 0) is 17.7 Å². The zero-order chi connectivity index (χ0) is 17.0. The van der Waals surface area contributed by atoms with Crippen LogP contribution < -0.4 is 0 Å². The number of fused-ring (bicyclic) bond motifs is 1. The molecule has 1 atom stereocenters. The van der Waals surface area contributed by atoms with Gasteiger partial charge in [0.2, 0.25) is 0 Å². The standard InChI is InChI=1S/C18H16O5/c1-2-12(17(20)21)15(18(22)23)10-16(19)14-9-5-7-11-6-3-4-8-13(11)14/h2-9,15H,10H2,1H3,(H,20,21)(H,22,23). The van der Waals surface area contributed by atoms with Gasteiger partial charge < -0.3 is 10.2 Å². The topological polar surface area (TPSA) is 91.7 Å². The maximum absolute atomic E-state index is 12.5. The second-order valence-corrected chi connectivity index (χ2v) is 5.09. The van der Waals surface area contributed by atoms with E-state index in [9.17, 15) is 19.5 Å². The smallest absolute Gasteiger partial charge is 0.332 e. The van der Waals surface area contributed by atoms with E-state index < -0.39 is 30.1 Å². The minimum atomic E-state index is -1.37. The van der Waals surface area contributed by atoms with Crippen molar-refractivity contribution in [2.24, 2.45) is 5.92 Å². The van der Waals surface area contributed by atoms with Crippen molar-refractivity contribution >= 4 is 28.5 Å². The first-order valence-corrected chi connectivity index (χ1v) is 7.09. The lowest BCUT2D eigenvalue weighted by molar-refractivity contribution is -0.143. The summed E-state index contributed by atoms with van der Waals surface area (Å²) in [6.45, 7) is 1.45. The predicted molar refractivity (Wildman–Crippen MR) is 85.4 cm³/mol. The number of carbonyl (C=O) groups excluding carboxylic acids is 1. The van der Waals surface area contributed by atoms with Gasteiger partial charge in [0.1, 0.15) is 0 Å². The SMILES string of the molecule is CC=C(C(=O)O)C(CC(=O)c1cccc2ccccc12)C(=O)O. The molecule has 0 spiro atoms. The van der Waals surface area contributed by atoms with Gasteiger partial charge in [0.25, 0.3) is 0 Å². The summed E-state index contributed by atoms with van der Waals surface area (Å²) in [6.07, 6.45) is 0.826. The van der Waals surface area contributed by atoms with Gasteiger partial charge in [0.05, 0.1) is 5.92 Å². The van der Waals surface area contributed by atoms with E-state index >= 15 is 0 Å². The fourth-order valence-corrected chi connectivity index (χ4v) is 2.57. The molecular weight excluding hydrogens is 296 g/mol. The van der Waals surface area contributed by atoms with E-state index in [0.29, 0.717) is 5.56 Å². The van der Waals surface area contributed by atoms with Crippen LogP contribution in [0.1, 0.15) is 23.7 Å². The van der Waals surface area contributed by atoms with Gasteiger partial charge in [0, 0.05) is 17.6 Å². The molecule has 0 amide bonds. The highest BCUT2D eigenvalue weighted by atomic mass is 16.4. The molecule has 0 bridgehead atoms. The van der Waals surface area contributed by atoms with Crippen LogP contribution in [0.3, 0.4) is 0 Å². The van der Waals surface area contributed by atoms with Crippen LogP contribution in [0, 0.1) is 5.92 Å². The Morgan fingerprint density at radius 2 is 1.70 bits per heavy atom. The summed E-state index contributed by atoms with van der Waals surface area (Å²) < 4.78 is 0. The van der Waals surface area contributed by atoms with E-state index in [-0.39, 0.29) is 5.57 Å². The van der Waals surface area contributed by atoms with Gasteiger partial charge in [-0.1, -0.05) is 48.5 Å². The average molecular weight is 312 g/mol. The van der Waals surface area contributed by atoms with Crippen LogP contribution in [-0.2, 0) is 9.59 Å². The van der Waals surface area contributed by atoms with Crippen molar-refractivity contribution in [1.29, 1.82) is 0 Å². The van der Waals surface area contributed by atoms with Crippen molar-refractivity contribution in [2.45, 2.75) is 13.3 Å². The number of hydrogen-bond acceptors (Lipinski definition) is 3. The number of rotatable bonds is 6. The average Bonchev–Trinajstić information content (AvgIpc) is 2.53. The van der Waals surface area contributed by atoms with E-state index in [2.05, 4.69) is 0 Å². The number of carbonyl (C=O) groups is 3. The predicted octanol–water partition coefficient (Wildman–Crippen LogP) is 3.14. The summed E-state index contributed by atoms with van der Waals surface area (Å²) >= 11 is 0. The Morgan fingerprint density at radius 1 is 1.04 bits per heavy atom. The second-order valence-electron chi connectivity index (χ2n) is 5.09. The van der Waals surface area contributed by atoms with Gasteiger partial charge >= 0.3 is 11.9 Å². The zero-order valence-electron chi connectivity index (χ0n) is 12.5. The molecule has 5 heteroatoms. The highest BCUT2D eigenvalue weighted by Crippen LogP contribution is 2.24. The third-order valence-electron chi connectivity index (χ3n) is 3.71. The molecule has 0 aliphatic rings. The number of aliphatic carboxylic acids is 2. The van der Waals surface area contributed by atoms with E-state index in [4.69, 9.17) is 5.11 Å². The summed E-state index contributed by atoms with van der Waals surface area (Å²) in [4.78, 5) is 35.1. The second kappa shape index (κ2) is 6.87. The Labute approximate surface area is 132 Å². The molecule has 2 aromatic rings. The quantitative estimate of drug-likeness (QED) is 0.631. The number of hydrogen-bond donors (Lipinski definition) is 2. The van der Waals surface area contributed by atoms with Crippen LogP contribution in [0.25, 0.3) is 10.8 Å². The van der Waals surface area contributed by atoms with Gasteiger partial charge in [-0.25, -0.2) is 4.79 Å². The monoisotopic (exact) mass is 312 g/mol. The number of benzene rings is 2. The summed E-state index contributed by atoms with van der Waals surface area (Å²) in [5.41, 5.74) is 0.112. The first-order chi connectivity index (χ1) is 11.0. The molecule has 23 heavy (non-hydrogen) atoms. The minimum Gasteiger partial charge on any atom is -0.481 e.